The molecule has 0 saturated heterocycles. The van der Waals surface area contributed by atoms with Crippen molar-refractivity contribution in [3.63, 3.8) is 0 Å². The van der Waals surface area contributed by atoms with Crippen LogP contribution in [0.15, 0.2) is 30.3 Å². The van der Waals surface area contributed by atoms with Gasteiger partial charge in [0.2, 0.25) is 0 Å². The highest BCUT2D eigenvalue weighted by atomic mass is 16.5. The van der Waals surface area contributed by atoms with E-state index in [9.17, 15) is 9.59 Å². The Morgan fingerprint density at radius 2 is 1.91 bits per heavy atom. The number of nitrogens with one attached hydrogen (secondary N) is 2. The van der Waals surface area contributed by atoms with E-state index in [4.69, 9.17) is 9.47 Å². The van der Waals surface area contributed by atoms with Crippen LogP contribution < -0.4 is 10.6 Å². The summed E-state index contributed by atoms with van der Waals surface area (Å²) in [6.45, 7) is 3.09. The fourth-order valence-electron chi connectivity index (χ4n) is 1.92. The van der Waals surface area contributed by atoms with Gasteiger partial charge in [0.1, 0.15) is 12.6 Å². The molecular weight excluding hydrogens is 284 g/mol. The first-order chi connectivity index (χ1) is 10.7. The van der Waals surface area contributed by atoms with E-state index in [0.717, 1.165) is 12.0 Å². The van der Waals surface area contributed by atoms with Crippen molar-refractivity contribution < 1.29 is 19.1 Å². The van der Waals surface area contributed by atoms with E-state index in [1.54, 1.807) is 0 Å². The number of hydrogen-bond acceptors (Lipinski definition) is 5. The fourth-order valence-corrected chi connectivity index (χ4v) is 1.92. The van der Waals surface area contributed by atoms with Crippen LogP contribution in [-0.4, -0.2) is 38.3 Å². The summed E-state index contributed by atoms with van der Waals surface area (Å²) in [5.74, 6) is -0.284. The number of esters is 1. The molecule has 122 valence electrons. The Kier molecular flexibility index (Phi) is 8.67. The molecule has 1 amide bonds. The van der Waals surface area contributed by atoms with E-state index in [1.165, 1.54) is 7.11 Å². The molecule has 0 aliphatic heterocycles. The molecule has 1 rings (SSSR count). The monoisotopic (exact) mass is 308 g/mol. The molecule has 1 aromatic carbocycles. The third-order valence-corrected chi connectivity index (χ3v) is 3.06. The summed E-state index contributed by atoms with van der Waals surface area (Å²) < 4.78 is 9.80. The molecule has 0 aliphatic carbocycles. The number of carbonyl (C=O) groups is 2. The second-order valence-corrected chi connectivity index (χ2v) is 4.81. The molecule has 0 saturated carbocycles. The van der Waals surface area contributed by atoms with Crippen LogP contribution in [0.1, 0.15) is 25.3 Å². The van der Waals surface area contributed by atoms with Gasteiger partial charge in [0, 0.05) is 13.1 Å². The van der Waals surface area contributed by atoms with Crippen molar-refractivity contribution in [2.75, 3.05) is 20.2 Å². The molecule has 1 aromatic rings. The Morgan fingerprint density at radius 3 is 2.55 bits per heavy atom. The first kappa shape index (κ1) is 18.0. The van der Waals surface area contributed by atoms with Crippen LogP contribution in [0, 0.1) is 0 Å². The largest absolute Gasteiger partial charge is 0.468 e. The zero-order chi connectivity index (χ0) is 16.2. The average Bonchev–Trinajstić information content (AvgIpc) is 2.56. The van der Waals surface area contributed by atoms with Gasteiger partial charge in [-0.05, 0) is 12.0 Å². The maximum Gasteiger partial charge on any atom is 0.407 e. The molecule has 0 heterocycles. The van der Waals surface area contributed by atoms with Crippen molar-refractivity contribution >= 4 is 12.1 Å². The highest BCUT2D eigenvalue weighted by Crippen LogP contribution is 2.00. The van der Waals surface area contributed by atoms with Gasteiger partial charge in [-0.25, -0.2) is 4.79 Å². The van der Waals surface area contributed by atoms with Crippen LogP contribution in [0.4, 0.5) is 4.79 Å². The molecule has 0 aromatic heterocycles. The van der Waals surface area contributed by atoms with Crippen molar-refractivity contribution in [2.24, 2.45) is 0 Å². The van der Waals surface area contributed by atoms with Crippen LogP contribution in [-0.2, 0) is 20.9 Å². The summed E-state index contributed by atoms with van der Waals surface area (Å²) in [6.07, 6.45) is 1.10. The molecule has 0 bridgehead atoms. The van der Waals surface area contributed by atoms with Gasteiger partial charge in [-0.2, -0.15) is 0 Å². The lowest BCUT2D eigenvalue weighted by Gasteiger charge is -2.15. The molecule has 0 fully saturated rings. The summed E-state index contributed by atoms with van der Waals surface area (Å²) >= 11 is 0. The first-order valence-electron chi connectivity index (χ1n) is 7.43. The molecular formula is C16H24N2O4. The molecule has 2 N–H and O–H groups in total. The molecule has 22 heavy (non-hydrogen) atoms. The van der Waals surface area contributed by atoms with Crippen molar-refractivity contribution in [3.05, 3.63) is 35.9 Å². The van der Waals surface area contributed by atoms with E-state index >= 15 is 0 Å². The Labute approximate surface area is 131 Å². The second kappa shape index (κ2) is 10.6. The SMILES string of the molecule is CCCC(NCCNC(=O)OCc1ccccc1)C(=O)OC. The number of hydrogen-bond donors (Lipinski definition) is 2. The van der Waals surface area contributed by atoms with Gasteiger partial charge in [0.25, 0.3) is 0 Å². The molecule has 0 spiro atoms. The van der Waals surface area contributed by atoms with Gasteiger partial charge in [-0.15, -0.1) is 0 Å². The highest BCUT2D eigenvalue weighted by molar-refractivity contribution is 5.75. The van der Waals surface area contributed by atoms with Crippen molar-refractivity contribution in [1.82, 2.24) is 10.6 Å². The summed E-state index contributed by atoms with van der Waals surface area (Å²) in [4.78, 5) is 23.0. The van der Waals surface area contributed by atoms with Gasteiger partial charge in [0.05, 0.1) is 7.11 Å². The average molecular weight is 308 g/mol. The van der Waals surface area contributed by atoms with Gasteiger partial charge < -0.3 is 20.1 Å². The summed E-state index contributed by atoms with van der Waals surface area (Å²) in [7, 11) is 1.37. The minimum atomic E-state index is -0.476. The van der Waals surface area contributed by atoms with Crippen molar-refractivity contribution in [2.45, 2.75) is 32.4 Å². The lowest BCUT2D eigenvalue weighted by atomic mass is 10.1. The first-order valence-corrected chi connectivity index (χ1v) is 7.43. The van der Waals surface area contributed by atoms with Crippen LogP contribution in [0.3, 0.4) is 0 Å². The Morgan fingerprint density at radius 1 is 1.18 bits per heavy atom. The number of benzene rings is 1. The maximum atomic E-state index is 11.5. The van der Waals surface area contributed by atoms with Gasteiger partial charge in [-0.1, -0.05) is 43.7 Å². The Balaban J connectivity index is 2.17. The van der Waals surface area contributed by atoms with E-state index < -0.39 is 6.09 Å². The smallest absolute Gasteiger partial charge is 0.407 e. The van der Waals surface area contributed by atoms with Gasteiger partial charge in [0.15, 0.2) is 0 Å². The summed E-state index contributed by atoms with van der Waals surface area (Å²) in [5.41, 5.74) is 0.935. The minimum absolute atomic E-state index is 0.237. The summed E-state index contributed by atoms with van der Waals surface area (Å²) in [6, 6.07) is 9.13. The standard InChI is InChI=1S/C16H24N2O4/c1-3-7-14(15(19)21-2)17-10-11-18-16(20)22-12-13-8-5-4-6-9-13/h4-6,8-9,14,17H,3,7,10-12H2,1-2H3,(H,18,20). The topological polar surface area (TPSA) is 76.7 Å². The lowest BCUT2D eigenvalue weighted by Crippen LogP contribution is -2.41. The van der Waals surface area contributed by atoms with Crippen molar-refractivity contribution in [3.8, 4) is 0 Å². The minimum Gasteiger partial charge on any atom is -0.468 e. The van der Waals surface area contributed by atoms with E-state index in [0.29, 0.717) is 19.5 Å². The third kappa shape index (κ3) is 7.08. The summed E-state index contributed by atoms with van der Waals surface area (Å²) in [5, 5.41) is 5.69. The third-order valence-electron chi connectivity index (χ3n) is 3.06. The zero-order valence-corrected chi connectivity index (χ0v) is 13.1. The molecule has 6 heteroatoms. The highest BCUT2D eigenvalue weighted by Gasteiger charge is 2.16. The van der Waals surface area contributed by atoms with Crippen LogP contribution in [0.5, 0.6) is 0 Å². The molecule has 0 aliphatic rings. The number of methoxy groups -OCH3 is 1. The lowest BCUT2D eigenvalue weighted by molar-refractivity contribution is -0.143. The maximum absolute atomic E-state index is 11.5. The zero-order valence-electron chi connectivity index (χ0n) is 13.1. The van der Waals surface area contributed by atoms with Crippen LogP contribution in [0.2, 0.25) is 0 Å². The predicted molar refractivity (Wildman–Crippen MR) is 83.3 cm³/mol. The van der Waals surface area contributed by atoms with E-state index in [-0.39, 0.29) is 18.6 Å². The molecule has 1 atom stereocenters. The van der Waals surface area contributed by atoms with Crippen molar-refractivity contribution in [1.29, 1.82) is 0 Å². The second-order valence-electron chi connectivity index (χ2n) is 4.81. The Bertz CT molecular complexity index is 451. The number of ether oxygens (including phenoxy) is 2. The molecule has 6 nitrogen and oxygen atoms in total. The fraction of sp³-hybridized carbons (Fsp3) is 0.500. The van der Waals surface area contributed by atoms with Gasteiger partial charge in [-0.3, -0.25) is 4.79 Å². The number of alkyl carbamates (subject to hydrolysis) is 1. The molecule has 1 unspecified atom stereocenters. The van der Waals surface area contributed by atoms with Crippen LogP contribution in [0.25, 0.3) is 0 Å². The number of amides is 1. The van der Waals surface area contributed by atoms with E-state index in [2.05, 4.69) is 10.6 Å². The molecule has 0 radical (unpaired) electrons. The van der Waals surface area contributed by atoms with Gasteiger partial charge >= 0.3 is 12.1 Å². The van der Waals surface area contributed by atoms with E-state index in [1.807, 2.05) is 37.3 Å². The number of rotatable bonds is 9. The van der Waals surface area contributed by atoms with Crippen LogP contribution >= 0.6 is 0 Å². The predicted octanol–water partition coefficient (Wildman–Crippen LogP) is 1.84. The normalized spacial score (nSPS) is 11.5. The quantitative estimate of drug-likeness (QED) is 0.538. The Hall–Kier alpha value is -2.08. The number of carbonyl (C=O) groups excluding carboxylic acids is 2.